The molecule has 0 fully saturated rings. The maximum atomic E-state index is 11.2. The van der Waals surface area contributed by atoms with E-state index in [1.165, 1.54) is 24.3 Å². The normalized spacial score (nSPS) is 11.1. The Morgan fingerprint density at radius 1 is 1.44 bits per heavy atom. The summed E-state index contributed by atoms with van der Waals surface area (Å²) in [7, 11) is -4.25. The van der Waals surface area contributed by atoms with Gasteiger partial charge in [-0.05, 0) is 18.2 Å². The third-order valence-corrected chi connectivity index (χ3v) is 2.78. The molecule has 16 heavy (non-hydrogen) atoms. The van der Waals surface area contributed by atoms with Gasteiger partial charge in [0.25, 0.3) is 10.1 Å². The molecule has 0 radical (unpaired) electrons. The fourth-order valence-electron chi connectivity index (χ4n) is 1.04. The molecule has 0 aromatic heterocycles. The Bertz CT molecular complexity index is 486. The lowest BCUT2D eigenvalue weighted by Crippen LogP contribution is -2.12. The van der Waals surface area contributed by atoms with E-state index < -0.39 is 10.1 Å². The topological polar surface area (TPSA) is 83.5 Å². The van der Waals surface area contributed by atoms with Crippen molar-refractivity contribution in [2.45, 2.75) is 11.3 Å². The van der Waals surface area contributed by atoms with Gasteiger partial charge in [-0.3, -0.25) is 9.35 Å². The van der Waals surface area contributed by atoms with Crippen LogP contribution in [-0.2, 0) is 14.9 Å². The minimum absolute atomic E-state index is 0.137. The van der Waals surface area contributed by atoms with Crippen LogP contribution in [0.2, 0.25) is 0 Å². The highest BCUT2D eigenvalue weighted by Crippen LogP contribution is 2.15. The maximum absolute atomic E-state index is 11.2. The van der Waals surface area contributed by atoms with Crippen LogP contribution >= 0.6 is 11.6 Å². The van der Waals surface area contributed by atoms with Crippen LogP contribution in [0.5, 0.6) is 0 Å². The van der Waals surface area contributed by atoms with Crippen LogP contribution in [0, 0.1) is 0 Å². The van der Waals surface area contributed by atoms with Gasteiger partial charge in [-0.2, -0.15) is 8.42 Å². The molecule has 88 valence electrons. The first-order chi connectivity index (χ1) is 7.43. The highest BCUT2D eigenvalue weighted by molar-refractivity contribution is 7.85. The van der Waals surface area contributed by atoms with E-state index in [-0.39, 0.29) is 23.1 Å². The Labute approximate surface area is 98.2 Å². The van der Waals surface area contributed by atoms with Crippen LogP contribution < -0.4 is 5.32 Å². The molecule has 0 saturated carbocycles. The molecule has 0 heterocycles. The lowest BCUT2D eigenvalue weighted by Gasteiger charge is -2.04. The summed E-state index contributed by atoms with van der Waals surface area (Å²) in [5.41, 5.74) is 0.297. The van der Waals surface area contributed by atoms with Gasteiger partial charge in [-0.1, -0.05) is 6.07 Å². The van der Waals surface area contributed by atoms with E-state index in [1.54, 1.807) is 0 Å². The number of alkyl halides is 1. The molecule has 0 saturated heterocycles. The molecule has 1 amide bonds. The number of rotatable bonds is 4. The molecule has 0 unspecified atom stereocenters. The van der Waals surface area contributed by atoms with Crippen molar-refractivity contribution in [2.75, 3.05) is 11.2 Å². The zero-order valence-electron chi connectivity index (χ0n) is 8.18. The summed E-state index contributed by atoms with van der Waals surface area (Å²) in [5.74, 6) is -0.133. The molecule has 5 nitrogen and oxygen atoms in total. The van der Waals surface area contributed by atoms with Gasteiger partial charge in [0, 0.05) is 18.0 Å². The minimum Gasteiger partial charge on any atom is -0.326 e. The van der Waals surface area contributed by atoms with E-state index in [9.17, 15) is 13.2 Å². The lowest BCUT2D eigenvalue weighted by molar-refractivity contribution is -0.115. The van der Waals surface area contributed by atoms with Gasteiger partial charge < -0.3 is 5.32 Å². The number of halogens is 1. The van der Waals surface area contributed by atoms with E-state index in [1.807, 2.05) is 0 Å². The fourth-order valence-corrected chi connectivity index (χ4v) is 1.74. The van der Waals surface area contributed by atoms with Crippen molar-refractivity contribution in [3.8, 4) is 0 Å². The molecule has 1 rings (SSSR count). The van der Waals surface area contributed by atoms with Crippen LogP contribution in [0.25, 0.3) is 0 Å². The van der Waals surface area contributed by atoms with Crippen LogP contribution in [-0.4, -0.2) is 24.8 Å². The number of hydrogen-bond donors (Lipinski definition) is 2. The Kier molecular flexibility index (Phi) is 4.28. The summed E-state index contributed by atoms with van der Waals surface area (Å²) in [6.07, 6.45) is 0.137. The molecule has 0 aliphatic carbocycles. The smallest absolute Gasteiger partial charge is 0.294 e. The van der Waals surface area contributed by atoms with Crippen LogP contribution in [0.3, 0.4) is 0 Å². The molecule has 1 aromatic rings. The first-order valence-corrected chi connectivity index (χ1v) is 6.34. The van der Waals surface area contributed by atoms with Gasteiger partial charge in [0.1, 0.15) is 0 Å². The quantitative estimate of drug-likeness (QED) is 0.637. The van der Waals surface area contributed by atoms with Crippen LogP contribution in [0.15, 0.2) is 29.2 Å². The Morgan fingerprint density at radius 3 is 2.69 bits per heavy atom. The average molecular weight is 264 g/mol. The highest BCUT2D eigenvalue weighted by Gasteiger charge is 2.10. The number of amides is 1. The first-order valence-electron chi connectivity index (χ1n) is 4.37. The monoisotopic (exact) mass is 263 g/mol. The summed E-state index contributed by atoms with van der Waals surface area (Å²) >= 11 is 5.37. The lowest BCUT2D eigenvalue weighted by atomic mass is 10.3. The van der Waals surface area contributed by atoms with Gasteiger partial charge in [0.15, 0.2) is 0 Å². The van der Waals surface area contributed by atoms with E-state index in [4.69, 9.17) is 16.2 Å². The zero-order chi connectivity index (χ0) is 12.2. The van der Waals surface area contributed by atoms with Crippen molar-refractivity contribution in [1.29, 1.82) is 0 Å². The number of carbonyl (C=O) groups excluding carboxylic acids is 1. The molecule has 1 aromatic carbocycles. The Balaban J connectivity index is 2.88. The number of benzene rings is 1. The highest BCUT2D eigenvalue weighted by atomic mass is 35.5. The molecule has 0 aliphatic heterocycles. The number of nitrogens with one attached hydrogen (secondary N) is 1. The zero-order valence-corrected chi connectivity index (χ0v) is 9.75. The SMILES string of the molecule is O=C(CCCl)Nc1cccc(S(=O)(=O)O)c1. The van der Waals surface area contributed by atoms with Crippen molar-refractivity contribution in [3.63, 3.8) is 0 Å². The Morgan fingerprint density at radius 2 is 2.12 bits per heavy atom. The molecule has 7 heteroatoms. The van der Waals surface area contributed by atoms with Crippen molar-refractivity contribution in [1.82, 2.24) is 0 Å². The third kappa shape index (κ3) is 3.80. The van der Waals surface area contributed by atoms with Gasteiger partial charge in [-0.15, -0.1) is 11.6 Å². The second kappa shape index (κ2) is 5.29. The molecular formula is C9H10ClNO4S. The predicted octanol–water partition coefficient (Wildman–Crippen LogP) is 1.50. The predicted molar refractivity (Wildman–Crippen MR) is 60.2 cm³/mol. The summed E-state index contributed by atoms with van der Waals surface area (Å²) < 4.78 is 30.4. The first kappa shape index (κ1) is 13.0. The molecule has 2 N–H and O–H groups in total. The van der Waals surface area contributed by atoms with Gasteiger partial charge in [0.05, 0.1) is 4.90 Å². The molecule has 0 aliphatic rings. The van der Waals surface area contributed by atoms with Crippen molar-refractivity contribution in [3.05, 3.63) is 24.3 Å². The minimum atomic E-state index is -4.25. The fraction of sp³-hybridized carbons (Fsp3) is 0.222. The van der Waals surface area contributed by atoms with E-state index in [0.717, 1.165) is 0 Å². The van der Waals surface area contributed by atoms with E-state index in [2.05, 4.69) is 5.32 Å². The maximum Gasteiger partial charge on any atom is 0.294 e. The molecular weight excluding hydrogens is 254 g/mol. The second-order valence-corrected chi connectivity index (χ2v) is 4.79. The molecule has 0 spiro atoms. The largest absolute Gasteiger partial charge is 0.326 e. The van der Waals surface area contributed by atoms with Crippen LogP contribution in [0.4, 0.5) is 5.69 Å². The summed E-state index contributed by atoms with van der Waals surface area (Å²) in [4.78, 5) is 10.9. The molecule has 0 atom stereocenters. The van der Waals surface area contributed by atoms with Gasteiger partial charge >= 0.3 is 0 Å². The van der Waals surface area contributed by atoms with Crippen molar-refractivity contribution < 1.29 is 17.8 Å². The summed E-state index contributed by atoms with van der Waals surface area (Å²) in [6, 6.07) is 5.33. The van der Waals surface area contributed by atoms with E-state index >= 15 is 0 Å². The van der Waals surface area contributed by atoms with Crippen molar-refractivity contribution in [2.24, 2.45) is 0 Å². The Hall–Kier alpha value is -1.11. The van der Waals surface area contributed by atoms with E-state index in [0.29, 0.717) is 5.69 Å². The summed E-state index contributed by atoms with van der Waals surface area (Å²) in [6.45, 7) is 0. The number of carbonyl (C=O) groups is 1. The van der Waals surface area contributed by atoms with Gasteiger partial charge in [0.2, 0.25) is 5.91 Å². The second-order valence-electron chi connectivity index (χ2n) is 2.99. The van der Waals surface area contributed by atoms with Crippen LogP contribution in [0.1, 0.15) is 6.42 Å². The van der Waals surface area contributed by atoms with Gasteiger partial charge in [-0.25, -0.2) is 0 Å². The number of hydrogen-bond acceptors (Lipinski definition) is 3. The average Bonchev–Trinajstić information content (AvgIpc) is 2.17. The molecule has 0 bridgehead atoms. The summed E-state index contributed by atoms with van der Waals surface area (Å²) in [5, 5.41) is 2.46. The number of anilines is 1. The third-order valence-electron chi connectivity index (χ3n) is 1.74. The standard InChI is InChI=1S/C9H10ClNO4S/c10-5-4-9(12)11-7-2-1-3-8(6-7)16(13,14)15/h1-3,6H,4-5H2,(H,11,12)(H,13,14,15). The van der Waals surface area contributed by atoms with Crippen molar-refractivity contribution >= 4 is 33.3 Å².